The number of ether oxygens (including phenoxy) is 2. The first-order chi connectivity index (χ1) is 24.3. The first-order valence-electron chi connectivity index (χ1n) is 20.3. The van der Waals surface area contributed by atoms with Crippen LogP contribution in [0.25, 0.3) is 0 Å². The number of allylic oxidation sites excluding steroid dienone is 4. The molecule has 3 unspecified atom stereocenters. The van der Waals surface area contributed by atoms with Crippen molar-refractivity contribution in [2.45, 2.75) is 193 Å². The number of carbonyl (C=O) groups excluding carboxylic acids is 1. The lowest BCUT2D eigenvalue weighted by Gasteiger charge is -2.20. The van der Waals surface area contributed by atoms with E-state index < -0.39 is 39.2 Å². The van der Waals surface area contributed by atoms with Crippen molar-refractivity contribution in [3.8, 4) is 0 Å². The largest absolute Gasteiger partial charge is 0.472 e. The smallest absolute Gasteiger partial charge is 0.457 e. The van der Waals surface area contributed by atoms with Gasteiger partial charge in [-0.15, -0.1) is 0 Å². The third-order valence-corrected chi connectivity index (χ3v) is 9.56. The molecule has 0 bridgehead atoms. The number of phosphoric ester groups is 1. The molecule has 50 heavy (non-hydrogen) atoms. The molecule has 0 aromatic rings. The van der Waals surface area contributed by atoms with Crippen molar-refractivity contribution in [2.24, 2.45) is 0 Å². The predicted molar refractivity (Wildman–Crippen MR) is 205 cm³/mol. The van der Waals surface area contributed by atoms with Crippen LogP contribution in [0.1, 0.15) is 181 Å². The highest BCUT2D eigenvalue weighted by Crippen LogP contribution is 2.43. The Morgan fingerprint density at radius 2 is 1.02 bits per heavy atom. The van der Waals surface area contributed by atoms with Gasteiger partial charge in [0, 0.05) is 13.0 Å². The van der Waals surface area contributed by atoms with Gasteiger partial charge in [-0.05, 0) is 64.2 Å². The SMILES string of the molecule is CCCCC/C=C\CCCCCCCC(=O)OC(COCCCCCCCC/C=C\CCCCCCCCC)COP(=O)(O)OCC(O)CO. The molecule has 0 heterocycles. The van der Waals surface area contributed by atoms with Gasteiger partial charge in [0.25, 0.3) is 0 Å². The summed E-state index contributed by atoms with van der Waals surface area (Å²) in [6.07, 6.45) is 37.0. The Labute approximate surface area is 306 Å². The molecule has 0 saturated heterocycles. The summed E-state index contributed by atoms with van der Waals surface area (Å²) in [5.41, 5.74) is 0. The van der Waals surface area contributed by atoms with E-state index in [2.05, 4.69) is 38.2 Å². The van der Waals surface area contributed by atoms with Crippen LogP contribution in [-0.4, -0.2) is 66.3 Å². The van der Waals surface area contributed by atoms with Crippen molar-refractivity contribution in [1.29, 1.82) is 0 Å². The summed E-state index contributed by atoms with van der Waals surface area (Å²) in [7, 11) is -4.51. The van der Waals surface area contributed by atoms with Gasteiger partial charge in [-0.3, -0.25) is 13.8 Å². The number of esters is 1. The standard InChI is InChI=1S/C40H77O9P/c1-3-5-7-9-11-13-15-17-18-19-20-21-23-25-27-29-31-33-46-36-39(37-48-50(44,45)47-35-38(42)34-41)49-40(43)32-30-28-26-24-22-16-14-12-10-8-6-4-2/h12,14,18-19,38-39,41-42H,3-11,13,15-17,20-37H2,1-2H3,(H,44,45)/b14-12-,19-18-. The predicted octanol–water partition coefficient (Wildman–Crippen LogP) is 10.7. The van der Waals surface area contributed by atoms with Crippen LogP contribution in [0.4, 0.5) is 0 Å². The van der Waals surface area contributed by atoms with Gasteiger partial charge < -0.3 is 24.6 Å². The van der Waals surface area contributed by atoms with Gasteiger partial charge in [0.1, 0.15) is 12.2 Å². The molecule has 0 saturated carbocycles. The van der Waals surface area contributed by atoms with Crippen LogP contribution < -0.4 is 0 Å². The summed E-state index contributed by atoms with van der Waals surface area (Å²) in [6, 6.07) is 0. The number of aliphatic hydroxyl groups excluding tert-OH is 2. The Morgan fingerprint density at radius 3 is 1.54 bits per heavy atom. The Hall–Kier alpha value is -1.06. The minimum Gasteiger partial charge on any atom is -0.457 e. The average Bonchev–Trinajstić information content (AvgIpc) is 3.10. The van der Waals surface area contributed by atoms with Crippen molar-refractivity contribution >= 4 is 13.8 Å². The molecular weight excluding hydrogens is 655 g/mol. The molecule has 0 rings (SSSR count). The van der Waals surface area contributed by atoms with Crippen molar-refractivity contribution < 1.29 is 43.0 Å². The molecule has 0 aliphatic heterocycles. The normalized spacial score (nSPS) is 14.4. The van der Waals surface area contributed by atoms with Crippen molar-refractivity contribution in [2.75, 3.05) is 33.0 Å². The molecule has 0 aliphatic rings. The number of rotatable bonds is 39. The minimum atomic E-state index is -4.51. The van der Waals surface area contributed by atoms with Gasteiger partial charge in [-0.2, -0.15) is 0 Å². The van der Waals surface area contributed by atoms with Crippen LogP contribution in [0.5, 0.6) is 0 Å². The minimum absolute atomic E-state index is 0.0438. The summed E-state index contributed by atoms with van der Waals surface area (Å²) in [5.74, 6) is -0.394. The Kier molecular flexibility index (Phi) is 36.9. The zero-order chi connectivity index (χ0) is 36.8. The average molecular weight is 733 g/mol. The third-order valence-electron chi connectivity index (χ3n) is 8.61. The molecule has 0 aromatic carbocycles. The highest BCUT2D eigenvalue weighted by molar-refractivity contribution is 7.47. The van der Waals surface area contributed by atoms with E-state index in [4.69, 9.17) is 23.6 Å². The van der Waals surface area contributed by atoms with E-state index in [0.717, 1.165) is 64.2 Å². The summed E-state index contributed by atoms with van der Waals surface area (Å²) in [4.78, 5) is 22.5. The lowest BCUT2D eigenvalue weighted by Crippen LogP contribution is -2.29. The summed E-state index contributed by atoms with van der Waals surface area (Å²) in [5, 5.41) is 18.3. The summed E-state index contributed by atoms with van der Waals surface area (Å²) < 4.78 is 33.3. The maximum absolute atomic E-state index is 12.5. The Morgan fingerprint density at radius 1 is 0.600 bits per heavy atom. The molecule has 3 atom stereocenters. The van der Waals surface area contributed by atoms with Gasteiger partial charge in [0.2, 0.25) is 0 Å². The Bertz CT molecular complexity index is 836. The lowest BCUT2D eigenvalue weighted by molar-refractivity contribution is -0.154. The molecule has 0 aromatic heterocycles. The zero-order valence-electron chi connectivity index (χ0n) is 32.1. The molecule has 296 valence electrons. The second kappa shape index (κ2) is 37.7. The number of unbranched alkanes of at least 4 members (excludes halogenated alkanes) is 21. The molecule has 10 heteroatoms. The van der Waals surface area contributed by atoms with Crippen LogP contribution in [0.3, 0.4) is 0 Å². The monoisotopic (exact) mass is 733 g/mol. The first-order valence-corrected chi connectivity index (χ1v) is 21.8. The maximum atomic E-state index is 12.5. The quantitative estimate of drug-likeness (QED) is 0.0244. The molecule has 0 spiro atoms. The van der Waals surface area contributed by atoms with Crippen molar-refractivity contribution in [3.05, 3.63) is 24.3 Å². The number of hydrogen-bond donors (Lipinski definition) is 3. The van der Waals surface area contributed by atoms with Crippen LogP contribution in [-0.2, 0) is 27.9 Å². The summed E-state index contributed by atoms with van der Waals surface area (Å²) in [6.45, 7) is 3.47. The van der Waals surface area contributed by atoms with E-state index in [1.54, 1.807) is 0 Å². The van der Waals surface area contributed by atoms with E-state index in [0.29, 0.717) is 6.61 Å². The van der Waals surface area contributed by atoms with Crippen LogP contribution >= 0.6 is 7.82 Å². The van der Waals surface area contributed by atoms with Gasteiger partial charge in [-0.25, -0.2) is 4.57 Å². The lowest BCUT2D eigenvalue weighted by atomic mass is 10.1. The van der Waals surface area contributed by atoms with Crippen molar-refractivity contribution in [3.63, 3.8) is 0 Å². The highest BCUT2D eigenvalue weighted by Gasteiger charge is 2.26. The number of phosphoric acid groups is 1. The molecule has 0 radical (unpaired) electrons. The fourth-order valence-electron chi connectivity index (χ4n) is 5.46. The van der Waals surface area contributed by atoms with E-state index >= 15 is 0 Å². The van der Waals surface area contributed by atoms with Gasteiger partial charge in [0.15, 0.2) is 0 Å². The third kappa shape index (κ3) is 36.7. The van der Waals surface area contributed by atoms with E-state index in [-0.39, 0.29) is 19.6 Å². The molecular formula is C40H77O9P. The van der Waals surface area contributed by atoms with Crippen molar-refractivity contribution in [1.82, 2.24) is 0 Å². The molecule has 0 aliphatic carbocycles. The van der Waals surface area contributed by atoms with Gasteiger partial charge in [-0.1, -0.05) is 134 Å². The highest BCUT2D eigenvalue weighted by atomic mass is 31.2. The fourth-order valence-corrected chi connectivity index (χ4v) is 6.25. The van der Waals surface area contributed by atoms with Gasteiger partial charge >= 0.3 is 13.8 Å². The van der Waals surface area contributed by atoms with Crippen LogP contribution in [0.2, 0.25) is 0 Å². The van der Waals surface area contributed by atoms with E-state index in [1.807, 2.05) is 0 Å². The maximum Gasteiger partial charge on any atom is 0.472 e. The van der Waals surface area contributed by atoms with Crippen LogP contribution in [0, 0.1) is 0 Å². The molecule has 3 N–H and O–H groups in total. The number of carbonyl (C=O) groups is 1. The zero-order valence-corrected chi connectivity index (χ0v) is 33.0. The first kappa shape index (κ1) is 48.9. The molecule has 0 amide bonds. The van der Waals surface area contributed by atoms with E-state index in [9.17, 15) is 19.4 Å². The second-order valence-electron chi connectivity index (χ2n) is 13.6. The van der Waals surface area contributed by atoms with Gasteiger partial charge in [0.05, 0.1) is 26.4 Å². The second-order valence-corrected chi connectivity index (χ2v) is 15.1. The topological polar surface area (TPSA) is 132 Å². The Balaban J connectivity index is 4.19. The van der Waals surface area contributed by atoms with Crippen LogP contribution in [0.15, 0.2) is 24.3 Å². The fraction of sp³-hybridized carbons (Fsp3) is 0.875. The molecule has 9 nitrogen and oxygen atoms in total. The van der Waals surface area contributed by atoms with E-state index in [1.165, 1.54) is 96.3 Å². The molecule has 0 fully saturated rings. The number of hydrogen-bond acceptors (Lipinski definition) is 8. The number of aliphatic hydroxyl groups is 2. The summed E-state index contributed by atoms with van der Waals surface area (Å²) >= 11 is 0.